The number of hydrogen-bond donors (Lipinski definition) is 0. The summed E-state index contributed by atoms with van der Waals surface area (Å²) in [5.41, 5.74) is 0. The van der Waals surface area contributed by atoms with Gasteiger partial charge in [0.25, 0.3) is 5.22 Å². The van der Waals surface area contributed by atoms with Crippen molar-refractivity contribution in [3.05, 3.63) is 0 Å². The van der Waals surface area contributed by atoms with Gasteiger partial charge in [0.2, 0.25) is 0 Å². The zero-order valence-corrected chi connectivity index (χ0v) is 4.87. The highest BCUT2D eigenvalue weighted by Gasteiger charge is 2.16. The van der Waals surface area contributed by atoms with E-state index < -0.39 is 0 Å². The van der Waals surface area contributed by atoms with E-state index in [1.54, 1.807) is 0 Å². The van der Waals surface area contributed by atoms with Gasteiger partial charge in [0.1, 0.15) is 5.10 Å². The van der Waals surface area contributed by atoms with Crippen LogP contribution in [-0.2, 0) is 0 Å². The molecule has 4 nitrogen and oxygen atoms in total. The van der Waals surface area contributed by atoms with E-state index in [0.29, 0.717) is 11.8 Å². The monoisotopic (exact) mass is 111 g/mol. The Kier molecular flexibility index (Phi) is 1.18. The zero-order valence-electron chi connectivity index (χ0n) is 4.87. The van der Waals surface area contributed by atoms with Gasteiger partial charge < -0.3 is 0 Å². The van der Waals surface area contributed by atoms with Crippen LogP contribution in [0.15, 0.2) is 15.4 Å². The second kappa shape index (κ2) is 1.84. The van der Waals surface area contributed by atoms with Crippen molar-refractivity contribution >= 4 is 5.84 Å². The van der Waals surface area contributed by atoms with Crippen LogP contribution in [0.5, 0.6) is 0 Å². The third kappa shape index (κ3) is 0.792. The molecule has 0 aromatic carbocycles. The summed E-state index contributed by atoms with van der Waals surface area (Å²) in [4.78, 5) is 3.33. The highest BCUT2D eigenvalue weighted by molar-refractivity contribution is 5.84. The molecule has 0 amide bonds. The predicted molar refractivity (Wildman–Crippen MR) is 29.3 cm³/mol. The van der Waals surface area contributed by atoms with Crippen molar-refractivity contribution in [3.63, 3.8) is 0 Å². The smallest absolute Gasteiger partial charge is 0.0530 e. The molecule has 1 rings (SSSR count). The van der Waals surface area contributed by atoms with Crippen molar-refractivity contribution in [2.24, 2.45) is 21.4 Å². The Morgan fingerprint density at radius 1 is 1.50 bits per heavy atom. The molecule has 8 heavy (non-hydrogen) atoms. The first-order valence-electron chi connectivity index (χ1n) is 2.49. The van der Waals surface area contributed by atoms with Gasteiger partial charge in [-0.15, -0.1) is 0 Å². The van der Waals surface area contributed by atoms with Crippen LogP contribution in [0.1, 0.15) is 13.8 Å². The molecule has 0 N–H and O–H groups in total. The largest absolute Gasteiger partial charge is 0.332 e. The van der Waals surface area contributed by atoms with Crippen molar-refractivity contribution in [1.29, 1.82) is 0 Å². The number of hydrogen-bond acceptors (Lipinski definition) is 3. The first kappa shape index (κ1) is 5.12. The second-order valence-corrected chi connectivity index (χ2v) is 1.89. The quantitative estimate of drug-likeness (QED) is 0.452. The SMILES string of the molecule is CC(C)C1=NN=[N+]=N1. The maximum Gasteiger partial charge on any atom is 0.332 e. The summed E-state index contributed by atoms with van der Waals surface area (Å²) >= 11 is 0. The van der Waals surface area contributed by atoms with Crippen molar-refractivity contribution in [3.8, 4) is 0 Å². The summed E-state index contributed by atoms with van der Waals surface area (Å²) in [6.45, 7) is 4.00. The molecule has 0 saturated carbocycles. The zero-order chi connectivity index (χ0) is 5.98. The van der Waals surface area contributed by atoms with E-state index in [2.05, 4.69) is 20.4 Å². The number of nitrogens with zero attached hydrogens (tertiary/aromatic N) is 4. The molecule has 0 radical (unpaired) electrons. The van der Waals surface area contributed by atoms with Gasteiger partial charge in [-0.3, -0.25) is 0 Å². The molecule has 0 fully saturated rings. The fourth-order valence-corrected chi connectivity index (χ4v) is 0.383. The van der Waals surface area contributed by atoms with Gasteiger partial charge >= 0.3 is 5.84 Å². The van der Waals surface area contributed by atoms with E-state index in [1.165, 1.54) is 0 Å². The molecule has 0 aliphatic carbocycles. The summed E-state index contributed by atoms with van der Waals surface area (Å²) in [5.74, 6) is 1.05. The minimum Gasteiger partial charge on any atom is -0.0530 e. The molecule has 0 atom stereocenters. The summed E-state index contributed by atoms with van der Waals surface area (Å²) in [6, 6.07) is 0. The molecule has 1 aliphatic heterocycles. The highest BCUT2D eigenvalue weighted by atomic mass is 15.5. The Morgan fingerprint density at radius 3 is 2.50 bits per heavy atom. The number of rotatable bonds is 1. The maximum absolute atomic E-state index is 3.64. The second-order valence-electron chi connectivity index (χ2n) is 1.89. The van der Waals surface area contributed by atoms with Crippen molar-refractivity contribution in [2.75, 3.05) is 0 Å². The van der Waals surface area contributed by atoms with Gasteiger partial charge in [0.05, 0.1) is 10.0 Å². The van der Waals surface area contributed by atoms with E-state index in [4.69, 9.17) is 0 Å². The third-order valence-electron chi connectivity index (χ3n) is 0.851. The van der Waals surface area contributed by atoms with Gasteiger partial charge in [-0.1, -0.05) is 13.8 Å². The number of amidine groups is 1. The summed E-state index contributed by atoms with van der Waals surface area (Å²) in [5, 5.41) is 10.6. The van der Waals surface area contributed by atoms with E-state index >= 15 is 0 Å². The molecule has 42 valence electrons. The lowest BCUT2D eigenvalue weighted by Gasteiger charge is -1.84. The van der Waals surface area contributed by atoms with Gasteiger partial charge in [-0.25, -0.2) is 0 Å². The first-order chi connectivity index (χ1) is 3.80. The Morgan fingerprint density at radius 2 is 2.25 bits per heavy atom. The minimum absolute atomic E-state index is 0.338. The van der Waals surface area contributed by atoms with Crippen molar-refractivity contribution < 1.29 is 0 Å². The molecule has 1 heterocycles. The molecule has 0 unspecified atom stereocenters. The summed E-state index contributed by atoms with van der Waals surface area (Å²) < 4.78 is 0. The topological polar surface area (TPSA) is 51.2 Å². The highest BCUT2D eigenvalue weighted by Crippen LogP contribution is 1.99. The molecule has 0 aromatic rings. The van der Waals surface area contributed by atoms with Gasteiger partial charge in [0.15, 0.2) is 0 Å². The molecule has 0 bridgehead atoms. The minimum atomic E-state index is 0.338. The van der Waals surface area contributed by atoms with Crippen LogP contribution >= 0.6 is 0 Å². The Hall–Kier alpha value is -1.02. The van der Waals surface area contributed by atoms with E-state index in [1.807, 2.05) is 13.8 Å². The lowest BCUT2D eigenvalue weighted by Crippen LogP contribution is -2.00. The first-order valence-corrected chi connectivity index (χ1v) is 2.49. The van der Waals surface area contributed by atoms with Crippen LogP contribution in [0, 0.1) is 5.92 Å². The fraction of sp³-hybridized carbons (Fsp3) is 0.750. The normalized spacial score (nSPS) is 15.6. The van der Waals surface area contributed by atoms with Crippen LogP contribution in [0.25, 0.3) is 0 Å². The molecule has 4 heteroatoms. The predicted octanol–water partition coefficient (Wildman–Crippen LogP) is 0.941. The third-order valence-corrected chi connectivity index (χ3v) is 0.851. The molecule has 1 aliphatic rings. The molecular weight excluding hydrogens is 104 g/mol. The van der Waals surface area contributed by atoms with Crippen LogP contribution in [-0.4, -0.2) is 5.84 Å². The van der Waals surface area contributed by atoms with Crippen LogP contribution in [0.3, 0.4) is 0 Å². The Bertz CT molecular complexity index is 172. The molecule has 0 aromatic heterocycles. The van der Waals surface area contributed by atoms with Crippen LogP contribution in [0.2, 0.25) is 0 Å². The lowest BCUT2D eigenvalue weighted by atomic mass is 10.2. The van der Waals surface area contributed by atoms with Crippen LogP contribution < -0.4 is 4.91 Å². The van der Waals surface area contributed by atoms with Gasteiger partial charge in [-0.2, -0.15) is 0 Å². The van der Waals surface area contributed by atoms with Crippen molar-refractivity contribution in [1.82, 2.24) is 4.91 Å². The van der Waals surface area contributed by atoms with Gasteiger partial charge in [-0.05, 0) is 0 Å². The molecular formula is C4H7N4+. The molecule has 0 spiro atoms. The summed E-state index contributed by atoms with van der Waals surface area (Å²) in [6.07, 6.45) is 0. The molecule has 0 saturated heterocycles. The Labute approximate surface area is 47.0 Å². The standard InChI is InChI=1S/C4H7N4/c1-3(2)4-5-7-8-6-4/h3H,1-2H3/q+1. The van der Waals surface area contributed by atoms with E-state index in [9.17, 15) is 0 Å². The van der Waals surface area contributed by atoms with E-state index in [-0.39, 0.29) is 0 Å². The van der Waals surface area contributed by atoms with Crippen LogP contribution in [0.4, 0.5) is 0 Å². The van der Waals surface area contributed by atoms with E-state index in [0.717, 1.165) is 0 Å². The average molecular weight is 111 g/mol. The Balaban J connectivity index is 2.65. The van der Waals surface area contributed by atoms with Gasteiger partial charge in [0, 0.05) is 5.92 Å². The summed E-state index contributed by atoms with van der Waals surface area (Å²) in [7, 11) is 0. The lowest BCUT2D eigenvalue weighted by molar-refractivity contribution is 0.869. The fourth-order valence-electron chi connectivity index (χ4n) is 0.383. The maximum atomic E-state index is 3.64. The average Bonchev–Trinajstić information content (AvgIpc) is 2.12. The van der Waals surface area contributed by atoms with Crippen molar-refractivity contribution in [2.45, 2.75) is 13.8 Å².